The number of rotatable bonds is 3. The van der Waals surface area contributed by atoms with E-state index in [1.165, 1.54) is 0 Å². The Labute approximate surface area is 105 Å². The highest BCUT2D eigenvalue weighted by Crippen LogP contribution is 2.37. The number of aliphatic hydroxyl groups excluding tert-OH is 1. The molecule has 0 bridgehead atoms. The van der Waals surface area contributed by atoms with Gasteiger partial charge in [-0.15, -0.1) is 0 Å². The van der Waals surface area contributed by atoms with Crippen LogP contribution in [0.25, 0.3) is 0 Å². The largest absolute Gasteiger partial charge is 0.486 e. The van der Waals surface area contributed by atoms with Crippen molar-refractivity contribution in [3.8, 4) is 11.5 Å². The first-order valence-electron chi connectivity index (χ1n) is 5.92. The summed E-state index contributed by atoms with van der Waals surface area (Å²) in [5.74, 6) is 1.35. The van der Waals surface area contributed by atoms with Crippen LogP contribution in [-0.4, -0.2) is 18.3 Å². The van der Waals surface area contributed by atoms with Crippen molar-refractivity contribution in [2.45, 2.75) is 12.5 Å². The van der Waals surface area contributed by atoms with E-state index >= 15 is 0 Å². The van der Waals surface area contributed by atoms with Crippen molar-refractivity contribution in [1.82, 2.24) is 0 Å². The second-order valence-corrected chi connectivity index (χ2v) is 4.22. The lowest BCUT2D eigenvalue weighted by Gasteiger charge is -2.22. The number of aliphatic hydroxyl groups is 1. The summed E-state index contributed by atoms with van der Waals surface area (Å²) in [6, 6.07) is 7.41. The minimum absolute atomic E-state index is 0.496. The molecule has 1 unspecified atom stereocenters. The Bertz CT molecular complexity index is 519. The fourth-order valence-electron chi connectivity index (χ4n) is 2.10. The molecule has 1 aliphatic heterocycles. The van der Waals surface area contributed by atoms with Crippen LogP contribution in [0.15, 0.2) is 41.2 Å². The first-order chi connectivity index (χ1) is 8.84. The monoisotopic (exact) mass is 246 g/mol. The van der Waals surface area contributed by atoms with E-state index in [-0.39, 0.29) is 0 Å². The van der Waals surface area contributed by atoms with Crippen LogP contribution in [-0.2, 0) is 6.42 Å². The molecule has 1 N–H and O–H groups in total. The number of furan rings is 1. The van der Waals surface area contributed by atoms with Gasteiger partial charge >= 0.3 is 0 Å². The molecule has 0 radical (unpaired) electrons. The van der Waals surface area contributed by atoms with Crippen molar-refractivity contribution in [2.24, 2.45) is 0 Å². The molecule has 4 heteroatoms. The van der Waals surface area contributed by atoms with E-state index in [0.717, 1.165) is 11.1 Å². The molecule has 0 fully saturated rings. The third-order valence-electron chi connectivity index (χ3n) is 2.96. The molecule has 18 heavy (non-hydrogen) atoms. The van der Waals surface area contributed by atoms with Gasteiger partial charge in [0, 0.05) is 12.0 Å². The van der Waals surface area contributed by atoms with Crippen LogP contribution in [0.2, 0.25) is 0 Å². The molecule has 1 aromatic carbocycles. The van der Waals surface area contributed by atoms with Crippen molar-refractivity contribution < 1.29 is 19.0 Å². The Morgan fingerprint density at radius 2 is 2.06 bits per heavy atom. The molecule has 3 rings (SSSR count). The van der Waals surface area contributed by atoms with Gasteiger partial charge in [0.05, 0.1) is 18.6 Å². The van der Waals surface area contributed by atoms with Gasteiger partial charge in [-0.25, -0.2) is 0 Å². The van der Waals surface area contributed by atoms with E-state index in [0.29, 0.717) is 31.1 Å². The zero-order valence-corrected chi connectivity index (χ0v) is 9.83. The third kappa shape index (κ3) is 2.07. The zero-order valence-electron chi connectivity index (χ0n) is 9.83. The third-order valence-corrected chi connectivity index (χ3v) is 2.96. The average Bonchev–Trinajstić information content (AvgIpc) is 2.91. The molecule has 2 heterocycles. The van der Waals surface area contributed by atoms with E-state index in [1.807, 2.05) is 24.3 Å². The van der Waals surface area contributed by atoms with Gasteiger partial charge < -0.3 is 19.0 Å². The Hall–Kier alpha value is -1.94. The van der Waals surface area contributed by atoms with Gasteiger partial charge in [0.2, 0.25) is 0 Å². The minimum atomic E-state index is -0.626. The van der Waals surface area contributed by atoms with Crippen molar-refractivity contribution in [3.63, 3.8) is 0 Å². The molecule has 0 aliphatic carbocycles. The SMILES string of the molecule is OC(Cc1ccoc1)c1cccc2c1OCCO2. The molecule has 0 saturated heterocycles. The molecule has 4 nitrogen and oxygen atoms in total. The lowest BCUT2D eigenvalue weighted by Crippen LogP contribution is -2.17. The van der Waals surface area contributed by atoms with E-state index in [1.54, 1.807) is 12.5 Å². The molecule has 0 amide bonds. The number of fused-ring (bicyclic) bond motifs is 1. The summed E-state index contributed by atoms with van der Waals surface area (Å²) in [4.78, 5) is 0. The number of ether oxygens (including phenoxy) is 2. The smallest absolute Gasteiger partial charge is 0.167 e. The van der Waals surface area contributed by atoms with Gasteiger partial charge in [-0.05, 0) is 17.7 Å². The van der Waals surface area contributed by atoms with Gasteiger partial charge in [0.15, 0.2) is 11.5 Å². The Kier molecular flexibility index (Phi) is 2.94. The van der Waals surface area contributed by atoms with Crippen LogP contribution in [0.4, 0.5) is 0 Å². The Balaban J connectivity index is 1.87. The standard InChI is InChI=1S/C14H14O4/c15-12(8-10-4-5-16-9-10)11-2-1-3-13-14(11)18-7-6-17-13/h1-5,9,12,15H,6-8H2. The summed E-state index contributed by atoms with van der Waals surface area (Å²) < 4.78 is 16.1. The normalized spacial score (nSPS) is 15.4. The Morgan fingerprint density at radius 3 is 2.89 bits per heavy atom. The zero-order chi connectivity index (χ0) is 12.4. The van der Waals surface area contributed by atoms with Gasteiger partial charge in [0.25, 0.3) is 0 Å². The Morgan fingerprint density at radius 1 is 1.17 bits per heavy atom. The summed E-state index contributed by atoms with van der Waals surface area (Å²) in [6.07, 6.45) is 3.10. The highest BCUT2D eigenvalue weighted by Gasteiger charge is 2.20. The predicted molar refractivity (Wildman–Crippen MR) is 64.8 cm³/mol. The van der Waals surface area contributed by atoms with Crippen LogP contribution in [0, 0.1) is 0 Å². The predicted octanol–water partition coefficient (Wildman–Crippen LogP) is 2.33. The molecular weight excluding hydrogens is 232 g/mol. The first kappa shape index (κ1) is 11.2. The fraction of sp³-hybridized carbons (Fsp3) is 0.286. The highest BCUT2D eigenvalue weighted by molar-refractivity contribution is 5.48. The maximum Gasteiger partial charge on any atom is 0.167 e. The quantitative estimate of drug-likeness (QED) is 0.903. The van der Waals surface area contributed by atoms with Gasteiger partial charge in [0.1, 0.15) is 13.2 Å². The van der Waals surface area contributed by atoms with Crippen LogP contribution in [0.5, 0.6) is 11.5 Å². The summed E-state index contributed by atoms with van der Waals surface area (Å²) in [5.41, 5.74) is 1.71. The van der Waals surface area contributed by atoms with Crippen molar-refractivity contribution in [1.29, 1.82) is 0 Å². The first-order valence-corrected chi connectivity index (χ1v) is 5.92. The number of para-hydroxylation sites is 1. The second-order valence-electron chi connectivity index (χ2n) is 4.22. The van der Waals surface area contributed by atoms with Gasteiger partial charge in [-0.1, -0.05) is 12.1 Å². The molecule has 2 aromatic rings. The van der Waals surface area contributed by atoms with Crippen molar-refractivity contribution in [2.75, 3.05) is 13.2 Å². The van der Waals surface area contributed by atoms with Gasteiger partial charge in [-0.3, -0.25) is 0 Å². The van der Waals surface area contributed by atoms with Crippen molar-refractivity contribution in [3.05, 3.63) is 47.9 Å². The van der Waals surface area contributed by atoms with Gasteiger partial charge in [-0.2, -0.15) is 0 Å². The van der Waals surface area contributed by atoms with E-state index in [9.17, 15) is 5.11 Å². The summed E-state index contributed by atoms with van der Waals surface area (Å²) in [7, 11) is 0. The average molecular weight is 246 g/mol. The van der Waals surface area contributed by atoms with E-state index in [4.69, 9.17) is 13.9 Å². The number of hydrogen-bond acceptors (Lipinski definition) is 4. The maximum absolute atomic E-state index is 10.3. The maximum atomic E-state index is 10.3. The number of benzene rings is 1. The van der Waals surface area contributed by atoms with Crippen LogP contribution < -0.4 is 9.47 Å². The van der Waals surface area contributed by atoms with Crippen LogP contribution in [0.1, 0.15) is 17.2 Å². The fourth-order valence-corrected chi connectivity index (χ4v) is 2.10. The lowest BCUT2D eigenvalue weighted by molar-refractivity contribution is 0.146. The summed E-state index contributed by atoms with van der Waals surface area (Å²) in [5, 5.41) is 10.3. The molecule has 0 spiro atoms. The summed E-state index contributed by atoms with van der Waals surface area (Å²) >= 11 is 0. The molecule has 1 aliphatic rings. The van der Waals surface area contributed by atoms with E-state index in [2.05, 4.69) is 0 Å². The second kappa shape index (κ2) is 4.74. The summed E-state index contributed by atoms with van der Waals surface area (Å²) in [6.45, 7) is 1.07. The highest BCUT2D eigenvalue weighted by atomic mass is 16.6. The molecule has 0 saturated carbocycles. The molecule has 1 aromatic heterocycles. The molecule has 94 valence electrons. The van der Waals surface area contributed by atoms with Crippen molar-refractivity contribution >= 4 is 0 Å². The van der Waals surface area contributed by atoms with Crippen LogP contribution in [0.3, 0.4) is 0 Å². The minimum Gasteiger partial charge on any atom is -0.486 e. The number of hydrogen-bond donors (Lipinski definition) is 1. The molecular formula is C14H14O4. The lowest BCUT2D eigenvalue weighted by atomic mass is 10.0. The van der Waals surface area contributed by atoms with E-state index < -0.39 is 6.10 Å². The van der Waals surface area contributed by atoms with Crippen LogP contribution >= 0.6 is 0 Å². The molecule has 1 atom stereocenters. The topological polar surface area (TPSA) is 51.8 Å².